The predicted octanol–water partition coefficient (Wildman–Crippen LogP) is 2.27. The standard InChI is InChI=1S/C11H16ClN2O4P/c1-7(2)5-9(19(16,17)18)11(15)14-10-4-3-8(12)6-13-10/h3-4,6-7,9H,5H2,1-2H3,(H,13,14,15)(H2,16,17,18). The van der Waals surface area contributed by atoms with Gasteiger partial charge in [0.1, 0.15) is 11.5 Å². The van der Waals surface area contributed by atoms with E-state index in [4.69, 9.17) is 11.6 Å². The van der Waals surface area contributed by atoms with Crippen LogP contribution in [0.25, 0.3) is 0 Å². The third kappa shape index (κ3) is 5.28. The monoisotopic (exact) mass is 306 g/mol. The maximum atomic E-state index is 11.9. The van der Waals surface area contributed by atoms with Gasteiger partial charge in [0.05, 0.1) is 5.02 Å². The van der Waals surface area contributed by atoms with E-state index in [0.717, 1.165) is 0 Å². The Morgan fingerprint density at radius 1 is 1.47 bits per heavy atom. The van der Waals surface area contributed by atoms with Gasteiger partial charge in [0.2, 0.25) is 5.91 Å². The lowest BCUT2D eigenvalue weighted by molar-refractivity contribution is -0.116. The lowest BCUT2D eigenvalue weighted by Gasteiger charge is -2.19. The SMILES string of the molecule is CC(C)CC(C(=O)Nc1ccc(Cl)cn1)P(=O)(O)O. The van der Waals surface area contributed by atoms with Crippen molar-refractivity contribution in [3.05, 3.63) is 23.4 Å². The summed E-state index contributed by atoms with van der Waals surface area (Å²) in [5.41, 5.74) is -1.37. The van der Waals surface area contributed by atoms with Crippen molar-refractivity contribution in [2.75, 3.05) is 5.32 Å². The zero-order valence-electron chi connectivity index (χ0n) is 10.6. The highest BCUT2D eigenvalue weighted by Crippen LogP contribution is 2.44. The van der Waals surface area contributed by atoms with Crippen LogP contribution < -0.4 is 5.32 Å². The number of hydrogen-bond donors (Lipinski definition) is 3. The molecule has 0 saturated heterocycles. The number of nitrogens with one attached hydrogen (secondary N) is 1. The maximum Gasteiger partial charge on any atom is 0.337 e. The maximum absolute atomic E-state index is 11.9. The molecule has 106 valence electrons. The summed E-state index contributed by atoms with van der Waals surface area (Å²) >= 11 is 5.65. The molecule has 1 aromatic heterocycles. The number of amides is 1. The van der Waals surface area contributed by atoms with Crippen LogP contribution in [0.3, 0.4) is 0 Å². The minimum absolute atomic E-state index is 0.0125. The van der Waals surface area contributed by atoms with Crippen molar-refractivity contribution in [1.82, 2.24) is 4.98 Å². The molecule has 0 spiro atoms. The molecule has 1 aromatic rings. The number of halogens is 1. The van der Waals surface area contributed by atoms with E-state index >= 15 is 0 Å². The third-order valence-electron chi connectivity index (χ3n) is 2.38. The van der Waals surface area contributed by atoms with Crippen molar-refractivity contribution < 1.29 is 19.1 Å². The minimum Gasteiger partial charge on any atom is -0.324 e. The van der Waals surface area contributed by atoms with Crippen molar-refractivity contribution in [3.8, 4) is 0 Å². The largest absolute Gasteiger partial charge is 0.337 e. The van der Waals surface area contributed by atoms with Gasteiger partial charge in [0.25, 0.3) is 0 Å². The summed E-state index contributed by atoms with van der Waals surface area (Å²) in [4.78, 5) is 34.2. The smallest absolute Gasteiger partial charge is 0.324 e. The Morgan fingerprint density at radius 2 is 2.11 bits per heavy atom. The van der Waals surface area contributed by atoms with E-state index in [9.17, 15) is 19.1 Å². The van der Waals surface area contributed by atoms with E-state index in [-0.39, 0.29) is 18.2 Å². The average Bonchev–Trinajstić information content (AvgIpc) is 2.27. The van der Waals surface area contributed by atoms with Crippen LogP contribution in [0.1, 0.15) is 20.3 Å². The number of aromatic nitrogens is 1. The van der Waals surface area contributed by atoms with E-state index < -0.39 is 19.2 Å². The molecule has 0 radical (unpaired) electrons. The molecule has 3 N–H and O–H groups in total. The van der Waals surface area contributed by atoms with Crippen molar-refractivity contribution in [2.24, 2.45) is 5.92 Å². The number of carbonyl (C=O) groups is 1. The second kappa shape index (κ2) is 6.48. The van der Waals surface area contributed by atoms with Gasteiger partial charge in [-0.15, -0.1) is 0 Å². The fourth-order valence-corrected chi connectivity index (χ4v) is 2.68. The molecular formula is C11H16ClN2O4P. The lowest BCUT2D eigenvalue weighted by Crippen LogP contribution is -2.29. The lowest BCUT2D eigenvalue weighted by atomic mass is 10.1. The molecular weight excluding hydrogens is 291 g/mol. The number of anilines is 1. The third-order valence-corrected chi connectivity index (χ3v) is 3.86. The summed E-state index contributed by atoms with van der Waals surface area (Å²) in [6, 6.07) is 2.99. The van der Waals surface area contributed by atoms with E-state index in [1.165, 1.54) is 18.3 Å². The van der Waals surface area contributed by atoms with Gasteiger partial charge >= 0.3 is 7.60 Å². The Hall–Kier alpha value is -0.940. The van der Waals surface area contributed by atoms with E-state index in [2.05, 4.69) is 10.3 Å². The van der Waals surface area contributed by atoms with Crippen LogP contribution in [0.2, 0.25) is 5.02 Å². The summed E-state index contributed by atoms with van der Waals surface area (Å²) in [6.07, 6.45) is 1.44. The highest BCUT2D eigenvalue weighted by molar-refractivity contribution is 7.53. The molecule has 6 nitrogen and oxygen atoms in total. The van der Waals surface area contributed by atoms with Gasteiger partial charge in [-0.1, -0.05) is 25.4 Å². The molecule has 1 unspecified atom stereocenters. The van der Waals surface area contributed by atoms with Gasteiger partial charge in [-0.2, -0.15) is 0 Å². The minimum atomic E-state index is -4.50. The van der Waals surface area contributed by atoms with Crippen LogP contribution in [-0.2, 0) is 9.36 Å². The van der Waals surface area contributed by atoms with E-state index in [0.29, 0.717) is 5.02 Å². The first-order valence-corrected chi connectivity index (χ1v) is 7.73. The Labute approximate surface area is 116 Å². The topological polar surface area (TPSA) is 99.5 Å². The Morgan fingerprint density at radius 3 is 2.53 bits per heavy atom. The van der Waals surface area contributed by atoms with Crippen molar-refractivity contribution >= 4 is 30.9 Å². The molecule has 0 saturated carbocycles. The summed E-state index contributed by atoms with van der Waals surface area (Å²) in [5, 5.41) is 2.79. The molecule has 8 heteroatoms. The van der Waals surface area contributed by atoms with Gasteiger partial charge < -0.3 is 15.1 Å². The second-order valence-corrected chi connectivity index (χ2v) is 6.82. The number of carbonyl (C=O) groups excluding carboxylic acids is 1. The van der Waals surface area contributed by atoms with Crippen LogP contribution in [-0.4, -0.2) is 26.3 Å². The van der Waals surface area contributed by atoms with Gasteiger partial charge in [-0.3, -0.25) is 9.36 Å². The zero-order valence-corrected chi connectivity index (χ0v) is 12.2. The highest BCUT2D eigenvalue weighted by Gasteiger charge is 2.36. The van der Waals surface area contributed by atoms with Crippen molar-refractivity contribution in [3.63, 3.8) is 0 Å². The summed E-state index contributed by atoms with van der Waals surface area (Å²) in [7, 11) is -4.50. The average molecular weight is 307 g/mol. The first-order chi connectivity index (χ1) is 8.70. The van der Waals surface area contributed by atoms with Crippen LogP contribution in [0.15, 0.2) is 18.3 Å². The Bertz CT molecular complexity index is 486. The summed E-state index contributed by atoms with van der Waals surface area (Å²) in [6.45, 7) is 3.58. The van der Waals surface area contributed by atoms with Gasteiger partial charge in [-0.05, 0) is 24.5 Å². The molecule has 1 amide bonds. The molecule has 0 aliphatic carbocycles. The van der Waals surface area contributed by atoms with E-state index in [1.54, 1.807) is 13.8 Å². The van der Waals surface area contributed by atoms with Crippen molar-refractivity contribution in [1.29, 1.82) is 0 Å². The number of hydrogen-bond acceptors (Lipinski definition) is 3. The van der Waals surface area contributed by atoms with Crippen LogP contribution >= 0.6 is 19.2 Å². The molecule has 0 bridgehead atoms. The summed E-state index contributed by atoms with van der Waals surface area (Å²) < 4.78 is 11.3. The second-order valence-electron chi connectivity index (χ2n) is 4.59. The van der Waals surface area contributed by atoms with Gasteiger partial charge in [0.15, 0.2) is 0 Å². The number of rotatable bonds is 5. The fraction of sp³-hybridized carbons (Fsp3) is 0.455. The molecule has 1 heterocycles. The van der Waals surface area contributed by atoms with Gasteiger partial charge in [-0.25, -0.2) is 4.98 Å². The van der Waals surface area contributed by atoms with Gasteiger partial charge in [0, 0.05) is 6.20 Å². The number of nitrogens with zero attached hydrogens (tertiary/aromatic N) is 1. The molecule has 0 aliphatic heterocycles. The summed E-state index contributed by atoms with van der Waals surface area (Å²) in [5.74, 6) is -0.546. The molecule has 0 aliphatic rings. The Kier molecular flexibility index (Phi) is 5.50. The molecule has 19 heavy (non-hydrogen) atoms. The van der Waals surface area contributed by atoms with E-state index in [1.807, 2.05) is 0 Å². The van der Waals surface area contributed by atoms with Crippen LogP contribution in [0.4, 0.5) is 5.82 Å². The molecule has 1 atom stereocenters. The Balaban J connectivity index is 2.83. The zero-order chi connectivity index (χ0) is 14.6. The fourth-order valence-electron chi connectivity index (χ4n) is 1.50. The predicted molar refractivity (Wildman–Crippen MR) is 73.2 cm³/mol. The van der Waals surface area contributed by atoms with Crippen LogP contribution in [0.5, 0.6) is 0 Å². The normalized spacial score (nSPS) is 13.4. The molecule has 0 fully saturated rings. The molecule has 0 aromatic carbocycles. The van der Waals surface area contributed by atoms with Crippen molar-refractivity contribution in [2.45, 2.75) is 25.9 Å². The first-order valence-electron chi connectivity index (χ1n) is 5.67. The quantitative estimate of drug-likeness (QED) is 0.725. The van der Waals surface area contributed by atoms with Crippen LogP contribution in [0, 0.1) is 5.92 Å². The molecule has 1 rings (SSSR count). The highest BCUT2D eigenvalue weighted by atomic mass is 35.5. The first kappa shape index (κ1) is 16.1. The number of pyridine rings is 1.